The van der Waals surface area contributed by atoms with Crippen LogP contribution in [-0.4, -0.2) is 47.1 Å². The highest BCUT2D eigenvalue weighted by molar-refractivity contribution is 7.91. The van der Waals surface area contributed by atoms with Gasteiger partial charge in [-0.2, -0.15) is 16.4 Å². The zero-order valence-corrected chi connectivity index (χ0v) is 13.8. The molecule has 1 aliphatic rings. The Bertz CT molecular complexity index is 765. The molecule has 0 aliphatic carbocycles. The Morgan fingerprint density at radius 3 is 2.95 bits per heavy atom. The fourth-order valence-corrected chi connectivity index (χ4v) is 4.73. The maximum Gasteiger partial charge on any atom is 0.255 e. The third-order valence-electron chi connectivity index (χ3n) is 3.82. The Morgan fingerprint density at radius 1 is 1.50 bits per heavy atom. The van der Waals surface area contributed by atoms with Crippen LogP contribution < -0.4 is 0 Å². The van der Waals surface area contributed by atoms with E-state index >= 15 is 0 Å². The largest absolute Gasteiger partial charge is 0.329 e. The molecule has 8 heteroatoms. The van der Waals surface area contributed by atoms with E-state index in [0.29, 0.717) is 12.1 Å². The molecule has 2 aromatic rings. The molecule has 0 bridgehead atoms. The summed E-state index contributed by atoms with van der Waals surface area (Å²) in [6.45, 7) is 2.89. The summed E-state index contributed by atoms with van der Waals surface area (Å²) in [5.74, 6) is -0.148. The third kappa shape index (κ3) is 2.93. The third-order valence-corrected chi connectivity index (χ3v) is 6.13. The Hall–Kier alpha value is -1.67. The van der Waals surface area contributed by atoms with Gasteiger partial charge in [0, 0.05) is 30.2 Å². The molecule has 6 nitrogen and oxygen atoms in total. The number of carbonyl (C=O) groups is 1. The second-order valence-corrected chi connectivity index (χ2v) is 8.28. The molecule has 0 spiro atoms. The van der Waals surface area contributed by atoms with E-state index in [-0.39, 0.29) is 24.0 Å². The molecular formula is C14H17N3O3S2. The van der Waals surface area contributed by atoms with Crippen LogP contribution in [0.3, 0.4) is 0 Å². The zero-order valence-electron chi connectivity index (χ0n) is 12.2. The van der Waals surface area contributed by atoms with Crippen molar-refractivity contribution in [2.24, 2.45) is 0 Å². The van der Waals surface area contributed by atoms with Gasteiger partial charge in [0.1, 0.15) is 0 Å². The number of sulfone groups is 1. The summed E-state index contributed by atoms with van der Waals surface area (Å²) in [5.41, 5.74) is 1.38. The average Bonchev–Trinajstić information content (AvgIpc) is 3.17. The summed E-state index contributed by atoms with van der Waals surface area (Å²) >= 11 is 1.45. The van der Waals surface area contributed by atoms with Crippen molar-refractivity contribution < 1.29 is 13.2 Å². The number of hydrogen-bond acceptors (Lipinski definition) is 5. The van der Waals surface area contributed by atoms with Crippen molar-refractivity contribution in [3.8, 4) is 0 Å². The SMILES string of the molecule is CCn1cc([C@@H]2CS(=O)(=O)CCN2C(=O)c2ccsc2)cn1. The van der Waals surface area contributed by atoms with Gasteiger partial charge in [0.05, 0.1) is 29.3 Å². The standard InChI is InChI=1S/C14H17N3O3S2/c1-2-16-8-12(7-15-16)13-10-22(19,20)6-4-17(13)14(18)11-3-5-21-9-11/h3,5,7-9,13H,2,4,6,10H2,1H3/t13-/m0/s1. The molecule has 3 rings (SSSR count). The second-order valence-electron chi connectivity index (χ2n) is 5.27. The Kier molecular flexibility index (Phi) is 4.05. The van der Waals surface area contributed by atoms with Gasteiger partial charge in [-0.05, 0) is 18.4 Å². The van der Waals surface area contributed by atoms with Crippen LogP contribution in [0.15, 0.2) is 29.2 Å². The second kappa shape index (κ2) is 5.85. The predicted octanol–water partition coefficient (Wildman–Crippen LogP) is 1.58. The average molecular weight is 339 g/mol. The molecule has 0 saturated carbocycles. The molecule has 2 aromatic heterocycles. The number of hydrogen-bond donors (Lipinski definition) is 0. The van der Waals surface area contributed by atoms with Crippen molar-refractivity contribution in [2.45, 2.75) is 19.5 Å². The Morgan fingerprint density at radius 2 is 2.32 bits per heavy atom. The van der Waals surface area contributed by atoms with Crippen molar-refractivity contribution in [1.29, 1.82) is 0 Å². The topological polar surface area (TPSA) is 72.3 Å². The zero-order chi connectivity index (χ0) is 15.7. The quantitative estimate of drug-likeness (QED) is 0.851. The van der Waals surface area contributed by atoms with Crippen LogP contribution in [0.4, 0.5) is 0 Å². The first-order chi connectivity index (χ1) is 10.5. The molecule has 118 valence electrons. The highest BCUT2D eigenvalue weighted by Gasteiger charge is 2.36. The van der Waals surface area contributed by atoms with E-state index in [1.165, 1.54) is 11.3 Å². The minimum atomic E-state index is -3.14. The van der Waals surface area contributed by atoms with E-state index in [1.807, 2.05) is 18.5 Å². The molecule has 1 aliphatic heterocycles. The van der Waals surface area contributed by atoms with Gasteiger partial charge in [-0.1, -0.05) is 0 Å². The monoisotopic (exact) mass is 339 g/mol. The van der Waals surface area contributed by atoms with E-state index < -0.39 is 15.9 Å². The predicted molar refractivity (Wildman–Crippen MR) is 84.7 cm³/mol. The molecule has 1 amide bonds. The van der Waals surface area contributed by atoms with Crippen LogP contribution in [0.2, 0.25) is 0 Å². The first-order valence-electron chi connectivity index (χ1n) is 7.06. The highest BCUT2D eigenvalue weighted by atomic mass is 32.2. The fourth-order valence-electron chi connectivity index (χ4n) is 2.60. The summed E-state index contributed by atoms with van der Waals surface area (Å²) in [6.07, 6.45) is 3.47. The minimum absolute atomic E-state index is 0.0152. The van der Waals surface area contributed by atoms with Gasteiger partial charge < -0.3 is 4.90 Å². The van der Waals surface area contributed by atoms with Gasteiger partial charge in [0.25, 0.3) is 5.91 Å². The van der Waals surface area contributed by atoms with Gasteiger partial charge in [-0.15, -0.1) is 0 Å². The van der Waals surface area contributed by atoms with E-state index in [2.05, 4.69) is 5.10 Å². The molecule has 0 aromatic carbocycles. The van der Waals surface area contributed by atoms with Crippen LogP contribution in [0.1, 0.15) is 28.9 Å². The number of carbonyl (C=O) groups excluding carboxylic acids is 1. The summed E-state index contributed by atoms with van der Waals surface area (Å²) < 4.78 is 25.7. The molecular weight excluding hydrogens is 322 g/mol. The molecule has 0 radical (unpaired) electrons. The number of nitrogens with zero attached hydrogens (tertiary/aromatic N) is 3. The molecule has 0 N–H and O–H groups in total. The molecule has 3 heterocycles. The van der Waals surface area contributed by atoms with Gasteiger partial charge in [-0.25, -0.2) is 8.42 Å². The lowest BCUT2D eigenvalue weighted by molar-refractivity contribution is 0.0698. The Balaban J connectivity index is 1.94. The van der Waals surface area contributed by atoms with E-state index in [4.69, 9.17) is 0 Å². The van der Waals surface area contributed by atoms with Gasteiger partial charge in [0.15, 0.2) is 9.84 Å². The number of thiophene rings is 1. The first-order valence-corrected chi connectivity index (χ1v) is 9.82. The van der Waals surface area contributed by atoms with E-state index in [1.54, 1.807) is 27.2 Å². The maximum absolute atomic E-state index is 12.6. The van der Waals surface area contributed by atoms with Crippen LogP contribution in [0.25, 0.3) is 0 Å². The van der Waals surface area contributed by atoms with Crippen LogP contribution in [-0.2, 0) is 16.4 Å². The summed E-state index contributed by atoms with van der Waals surface area (Å²) in [4.78, 5) is 14.3. The lowest BCUT2D eigenvalue weighted by Gasteiger charge is -2.34. The molecule has 22 heavy (non-hydrogen) atoms. The van der Waals surface area contributed by atoms with Crippen molar-refractivity contribution in [3.05, 3.63) is 40.3 Å². The smallest absolute Gasteiger partial charge is 0.255 e. The lowest BCUT2D eigenvalue weighted by atomic mass is 10.1. The van der Waals surface area contributed by atoms with Crippen molar-refractivity contribution in [3.63, 3.8) is 0 Å². The Labute approximate surface area is 133 Å². The number of rotatable bonds is 3. The molecule has 1 saturated heterocycles. The fraction of sp³-hybridized carbons (Fsp3) is 0.429. The lowest BCUT2D eigenvalue weighted by Crippen LogP contribution is -2.46. The van der Waals surface area contributed by atoms with Crippen LogP contribution in [0, 0.1) is 0 Å². The van der Waals surface area contributed by atoms with Gasteiger partial charge in [0.2, 0.25) is 0 Å². The highest BCUT2D eigenvalue weighted by Crippen LogP contribution is 2.28. The van der Waals surface area contributed by atoms with E-state index in [0.717, 1.165) is 5.56 Å². The summed E-state index contributed by atoms with van der Waals surface area (Å²) in [7, 11) is -3.14. The van der Waals surface area contributed by atoms with Gasteiger partial charge in [-0.3, -0.25) is 9.48 Å². The molecule has 0 unspecified atom stereocenters. The van der Waals surface area contributed by atoms with Crippen LogP contribution >= 0.6 is 11.3 Å². The maximum atomic E-state index is 12.6. The minimum Gasteiger partial charge on any atom is -0.329 e. The number of amides is 1. The normalized spacial score (nSPS) is 21.0. The van der Waals surface area contributed by atoms with E-state index in [9.17, 15) is 13.2 Å². The summed E-state index contributed by atoms with van der Waals surface area (Å²) in [6, 6.07) is 1.30. The van der Waals surface area contributed by atoms with Crippen molar-refractivity contribution >= 4 is 27.1 Å². The van der Waals surface area contributed by atoms with Crippen LogP contribution in [0.5, 0.6) is 0 Å². The molecule has 1 atom stereocenters. The van der Waals surface area contributed by atoms with Crippen molar-refractivity contribution in [2.75, 3.05) is 18.1 Å². The number of aryl methyl sites for hydroxylation is 1. The number of aromatic nitrogens is 2. The van der Waals surface area contributed by atoms with Crippen molar-refractivity contribution in [1.82, 2.24) is 14.7 Å². The summed E-state index contributed by atoms with van der Waals surface area (Å²) in [5, 5.41) is 7.84. The van der Waals surface area contributed by atoms with Gasteiger partial charge >= 0.3 is 0 Å². The first kappa shape index (κ1) is 15.2. The molecule has 1 fully saturated rings.